The number of carbonyl (C=O) groups is 1. The Balaban J connectivity index is 1.48. The Bertz CT molecular complexity index is 1300. The van der Waals surface area contributed by atoms with Gasteiger partial charge in [0.05, 0.1) is 18.4 Å². The lowest BCUT2D eigenvalue weighted by Crippen LogP contribution is -2.34. The van der Waals surface area contributed by atoms with Crippen LogP contribution < -0.4 is 15.4 Å². The van der Waals surface area contributed by atoms with Crippen LogP contribution >= 0.6 is 12.2 Å². The maximum Gasteiger partial charge on any atom is 0.261 e. The Morgan fingerprint density at radius 2 is 1.81 bits per heavy atom. The van der Waals surface area contributed by atoms with Crippen LogP contribution in [0.1, 0.15) is 28.4 Å². The number of nitrogens with one attached hydrogen (secondary N) is 2. The second-order valence-corrected chi connectivity index (χ2v) is 7.69. The van der Waals surface area contributed by atoms with Gasteiger partial charge in [-0.3, -0.25) is 10.1 Å². The maximum atomic E-state index is 12.7. The summed E-state index contributed by atoms with van der Waals surface area (Å²) in [6.07, 6.45) is 0.983. The number of amides is 1. The average molecular weight is 446 g/mol. The zero-order valence-corrected chi connectivity index (χ0v) is 18.9. The number of benzene rings is 3. The molecule has 0 spiro atoms. The highest BCUT2D eigenvalue weighted by atomic mass is 32.1. The molecule has 8 heteroatoms. The molecule has 32 heavy (non-hydrogen) atoms. The number of aryl methyl sites for hydroxylation is 2. The highest BCUT2D eigenvalue weighted by Crippen LogP contribution is 2.23. The van der Waals surface area contributed by atoms with Crippen molar-refractivity contribution in [3.8, 4) is 11.4 Å². The molecule has 0 radical (unpaired) electrons. The van der Waals surface area contributed by atoms with Crippen molar-refractivity contribution in [1.29, 1.82) is 0 Å². The Morgan fingerprint density at radius 1 is 1.06 bits per heavy atom. The fraction of sp³-hybridized carbons (Fsp3) is 0.167. The molecule has 7 nitrogen and oxygen atoms in total. The fourth-order valence-corrected chi connectivity index (χ4v) is 3.62. The third-order valence-corrected chi connectivity index (χ3v) is 5.31. The van der Waals surface area contributed by atoms with Gasteiger partial charge in [-0.2, -0.15) is 4.80 Å². The van der Waals surface area contributed by atoms with Crippen LogP contribution in [-0.4, -0.2) is 33.1 Å². The van der Waals surface area contributed by atoms with E-state index in [-0.39, 0.29) is 11.0 Å². The van der Waals surface area contributed by atoms with Crippen molar-refractivity contribution in [1.82, 2.24) is 20.3 Å². The lowest BCUT2D eigenvalue weighted by Gasteiger charge is -2.13. The van der Waals surface area contributed by atoms with Gasteiger partial charge in [0, 0.05) is 5.69 Å². The van der Waals surface area contributed by atoms with E-state index in [4.69, 9.17) is 17.0 Å². The maximum absolute atomic E-state index is 12.7. The Hall–Kier alpha value is -3.78. The van der Waals surface area contributed by atoms with Gasteiger partial charge in [0.15, 0.2) is 5.11 Å². The summed E-state index contributed by atoms with van der Waals surface area (Å²) in [4.78, 5) is 14.3. The van der Waals surface area contributed by atoms with Crippen molar-refractivity contribution in [2.45, 2.75) is 20.3 Å². The molecule has 1 aromatic heterocycles. The van der Waals surface area contributed by atoms with Crippen LogP contribution in [0.2, 0.25) is 0 Å². The predicted octanol–water partition coefficient (Wildman–Crippen LogP) is 4.43. The summed E-state index contributed by atoms with van der Waals surface area (Å²) in [5.41, 5.74) is 5.62. The van der Waals surface area contributed by atoms with Gasteiger partial charge < -0.3 is 10.1 Å². The SMILES string of the molecule is CCc1ccc(-n2nc3ccc(NC(=S)NC(=O)c4cccc(C)c4OC)cc3n2)cc1. The molecule has 4 rings (SSSR count). The number of carbonyl (C=O) groups excluding carboxylic acids is 1. The molecule has 0 bridgehead atoms. The summed E-state index contributed by atoms with van der Waals surface area (Å²) in [5.74, 6) is 0.184. The van der Waals surface area contributed by atoms with Crippen molar-refractivity contribution in [2.24, 2.45) is 0 Å². The van der Waals surface area contributed by atoms with Gasteiger partial charge in [0.2, 0.25) is 0 Å². The second kappa shape index (κ2) is 9.15. The molecule has 0 aliphatic heterocycles. The van der Waals surface area contributed by atoms with E-state index in [2.05, 4.69) is 39.9 Å². The van der Waals surface area contributed by atoms with Crippen LogP contribution in [0.15, 0.2) is 60.7 Å². The number of para-hydroxylation sites is 1. The molecule has 0 fully saturated rings. The van der Waals surface area contributed by atoms with Crippen molar-refractivity contribution in [2.75, 3.05) is 12.4 Å². The molecule has 3 aromatic carbocycles. The summed E-state index contributed by atoms with van der Waals surface area (Å²) in [6.45, 7) is 4.00. The van der Waals surface area contributed by atoms with Gasteiger partial charge in [-0.1, -0.05) is 31.2 Å². The summed E-state index contributed by atoms with van der Waals surface area (Å²) < 4.78 is 5.35. The minimum Gasteiger partial charge on any atom is -0.496 e. The Kier molecular flexibility index (Phi) is 6.13. The van der Waals surface area contributed by atoms with E-state index in [1.807, 2.05) is 43.3 Å². The number of hydrogen-bond acceptors (Lipinski definition) is 5. The van der Waals surface area contributed by atoms with E-state index in [0.29, 0.717) is 22.5 Å². The molecule has 2 N–H and O–H groups in total. The number of nitrogens with zero attached hydrogens (tertiary/aromatic N) is 3. The van der Waals surface area contributed by atoms with E-state index in [0.717, 1.165) is 23.2 Å². The largest absolute Gasteiger partial charge is 0.496 e. The standard InChI is InChI=1S/C24H23N5O2S/c1-4-16-8-11-18(12-9-16)29-27-20-13-10-17(14-21(20)28-29)25-24(32)26-23(30)19-7-5-6-15(2)22(19)31-3/h5-14H,4H2,1-3H3,(H2,25,26,30,32). The minimum absolute atomic E-state index is 0.181. The van der Waals surface area contributed by atoms with E-state index < -0.39 is 0 Å². The van der Waals surface area contributed by atoms with E-state index >= 15 is 0 Å². The highest BCUT2D eigenvalue weighted by Gasteiger charge is 2.15. The molecule has 1 heterocycles. The predicted molar refractivity (Wildman–Crippen MR) is 130 cm³/mol. The molecule has 0 atom stereocenters. The van der Waals surface area contributed by atoms with Crippen LogP contribution in [0.3, 0.4) is 0 Å². The van der Waals surface area contributed by atoms with E-state index in [9.17, 15) is 4.79 Å². The van der Waals surface area contributed by atoms with Crippen LogP contribution in [0.25, 0.3) is 16.7 Å². The molecule has 0 saturated carbocycles. The average Bonchev–Trinajstić information content (AvgIpc) is 3.22. The molecule has 0 aliphatic carbocycles. The van der Waals surface area contributed by atoms with Crippen LogP contribution in [0.5, 0.6) is 5.75 Å². The third-order valence-electron chi connectivity index (χ3n) is 5.10. The van der Waals surface area contributed by atoms with Gasteiger partial charge >= 0.3 is 0 Å². The number of methoxy groups -OCH3 is 1. The number of ether oxygens (including phenoxy) is 1. The normalized spacial score (nSPS) is 10.7. The topological polar surface area (TPSA) is 81.1 Å². The number of thiocarbonyl (C=S) groups is 1. The molecule has 4 aromatic rings. The number of aromatic nitrogens is 3. The number of hydrogen-bond donors (Lipinski definition) is 2. The first-order valence-corrected chi connectivity index (χ1v) is 10.6. The lowest BCUT2D eigenvalue weighted by molar-refractivity contribution is 0.0974. The van der Waals surface area contributed by atoms with E-state index in [1.165, 1.54) is 12.7 Å². The molecular formula is C24H23N5O2S. The first-order chi connectivity index (χ1) is 15.5. The van der Waals surface area contributed by atoms with E-state index in [1.54, 1.807) is 16.9 Å². The second-order valence-electron chi connectivity index (χ2n) is 7.28. The first kappa shape index (κ1) is 21.5. The van der Waals surface area contributed by atoms with Crippen molar-refractivity contribution in [3.63, 3.8) is 0 Å². The molecular weight excluding hydrogens is 422 g/mol. The van der Waals surface area contributed by atoms with Gasteiger partial charge in [-0.05, 0) is 73.1 Å². The van der Waals surface area contributed by atoms with Crippen LogP contribution in [0, 0.1) is 6.92 Å². The summed E-state index contributed by atoms with van der Waals surface area (Å²) in [6, 6.07) is 19.1. The van der Waals surface area contributed by atoms with Gasteiger partial charge in [0.1, 0.15) is 16.8 Å². The summed E-state index contributed by atoms with van der Waals surface area (Å²) >= 11 is 5.33. The molecule has 162 valence electrons. The zero-order chi connectivity index (χ0) is 22.7. The smallest absolute Gasteiger partial charge is 0.261 e. The molecule has 0 saturated heterocycles. The first-order valence-electron chi connectivity index (χ1n) is 10.2. The molecule has 1 amide bonds. The van der Waals surface area contributed by atoms with Crippen molar-refractivity contribution >= 4 is 40.0 Å². The van der Waals surface area contributed by atoms with Crippen LogP contribution in [-0.2, 0) is 6.42 Å². The Morgan fingerprint density at radius 3 is 2.53 bits per heavy atom. The van der Waals surface area contributed by atoms with Crippen molar-refractivity contribution < 1.29 is 9.53 Å². The number of anilines is 1. The van der Waals surface area contributed by atoms with Gasteiger partial charge in [0.25, 0.3) is 5.91 Å². The number of fused-ring (bicyclic) bond motifs is 1. The quantitative estimate of drug-likeness (QED) is 0.443. The van der Waals surface area contributed by atoms with Gasteiger partial charge in [-0.15, -0.1) is 10.2 Å². The summed E-state index contributed by atoms with van der Waals surface area (Å²) in [7, 11) is 1.54. The number of rotatable bonds is 5. The third kappa shape index (κ3) is 4.45. The van der Waals surface area contributed by atoms with Crippen molar-refractivity contribution in [3.05, 3.63) is 77.4 Å². The minimum atomic E-state index is -0.342. The molecule has 0 aliphatic rings. The van der Waals surface area contributed by atoms with Crippen LogP contribution in [0.4, 0.5) is 5.69 Å². The van der Waals surface area contributed by atoms with Gasteiger partial charge in [-0.25, -0.2) is 0 Å². The lowest BCUT2D eigenvalue weighted by atomic mass is 10.1. The summed E-state index contributed by atoms with van der Waals surface area (Å²) in [5, 5.41) is 15.0. The fourth-order valence-electron chi connectivity index (χ4n) is 3.41. The zero-order valence-electron chi connectivity index (χ0n) is 18.0. The monoisotopic (exact) mass is 445 g/mol. The highest BCUT2D eigenvalue weighted by molar-refractivity contribution is 7.80. The molecule has 0 unspecified atom stereocenters. The Labute approximate surface area is 191 Å².